The van der Waals surface area contributed by atoms with Crippen LogP contribution in [0.4, 0.5) is 5.13 Å². The number of piperidine rings is 1. The Morgan fingerprint density at radius 2 is 2.03 bits per heavy atom. The summed E-state index contributed by atoms with van der Waals surface area (Å²) >= 11 is 1.30. The molecule has 0 unspecified atom stereocenters. The average Bonchev–Trinajstić information content (AvgIpc) is 3.36. The number of benzene rings is 1. The van der Waals surface area contributed by atoms with Gasteiger partial charge >= 0.3 is 0 Å². The summed E-state index contributed by atoms with van der Waals surface area (Å²) in [6.07, 6.45) is 2.68. The summed E-state index contributed by atoms with van der Waals surface area (Å²) in [6, 6.07) is 8.20. The van der Waals surface area contributed by atoms with Crippen molar-refractivity contribution in [2.45, 2.75) is 31.3 Å². The molecule has 29 heavy (non-hydrogen) atoms. The van der Waals surface area contributed by atoms with Crippen molar-refractivity contribution in [3.8, 4) is 5.75 Å². The highest BCUT2D eigenvalue weighted by Gasteiger charge is 2.29. The molecule has 1 aromatic carbocycles. The minimum absolute atomic E-state index is 0.0742. The summed E-state index contributed by atoms with van der Waals surface area (Å²) in [6.45, 7) is 3.42. The molecule has 8 nitrogen and oxygen atoms in total. The highest BCUT2D eigenvalue weighted by atomic mass is 32.2. The van der Waals surface area contributed by atoms with Gasteiger partial charge in [-0.2, -0.15) is 4.31 Å². The Morgan fingerprint density at radius 3 is 2.79 bits per heavy atom. The average molecular weight is 436 g/mol. The van der Waals surface area contributed by atoms with Gasteiger partial charge in [-0.1, -0.05) is 17.8 Å². The van der Waals surface area contributed by atoms with E-state index in [-0.39, 0.29) is 10.9 Å². The summed E-state index contributed by atoms with van der Waals surface area (Å²) in [5.74, 6) is 0.115. The Hall–Kier alpha value is -2.43. The van der Waals surface area contributed by atoms with Crippen LogP contribution in [0.5, 0.6) is 5.75 Å². The van der Waals surface area contributed by atoms with Crippen molar-refractivity contribution in [2.24, 2.45) is 0 Å². The fourth-order valence-electron chi connectivity index (χ4n) is 3.19. The maximum absolute atomic E-state index is 12.7. The fraction of sp³-hybridized carbons (Fsp3) is 0.368. The van der Waals surface area contributed by atoms with Gasteiger partial charge in [-0.3, -0.25) is 10.1 Å². The Balaban J connectivity index is 1.50. The predicted molar refractivity (Wildman–Crippen MR) is 110 cm³/mol. The lowest BCUT2D eigenvalue weighted by Crippen LogP contribution is -2.35. The first-order valence-electron chi connectivity index (χ1n) is 9.42. The van der Waals surface area contributed by atoms with Crippen molar-refractivity contribution in [3.05, 3.63) is 36.1 Å². The Bertz CT molecular complexity index is 1130. The molecule has 0 bridgehead atoms. The zero-order valence-corrected chi connectivity index (χ0v) is 17.5. The second kappa shape index (κ2) is 8.13. The highest BCUT2D eigenvalue weighted by Crippen LogP contribution is 2.30. The monoisotopic (exact) mass is 435 g/mol. The van der Waals surface area contributed by atoms with E-state index in [0.29, 0.717) is 24.8 Å². The van der Waals surface area contributed by atoms with Gasteiger partial charge in [0.05, 0.1) is 16.8 Å². The van der Waals surface area contributed by atoms with Gasteiger partial charge in [0.25, 0.3) is 15.9 Å². The predicted octanol–water partition coefficient (Wildman–Crippen LogP) is 3.71. The number of furan rings is 1. The van der Waals surface area contributed by atoms with E-state index in [4.69, 9.17) is 9.15 Å². The number of anilines is 1. The lowest BCUT2D eigenvalue weighted by Gasteiger charge is -2.24. The van der Waals surface area contributed by atoms with Crippen molar-refractivity contribution in [2.75, 3.05) is 25.0 Å². The van der Waals surface area contributed by atoms with Crippen LogP contribution in [0.15, 0.2) is 39.8 Å². The molecule has 10 heteroatoms. The van der Waals surface area contributed by atoms with Crippen LogP contribution in [0.1, 0.15) is 36.7 Å². The number of carbonyl (C=O) groups is 1. The molecular weight excluding hydrogens is 414 g/mol. The standard InChI is InChI=1S/C19H21N3O5S2/c1-2-26-13-6-7-14-16(12-13)28-19(20-14)21-18(23)15-8-9-17(27-15)29(24,25)22-10-4-3-5-11-22/h6-9,12H,2-5,10-11H2,1H3,(H,20,21,23). The van der Waals surface area contributed by atoms with Crippen molar-refractivity contribution < 1.29 is 22.4 Å². The number of nitrogens with zero attached hydrogens (tertiary/aromatic N) is 2. The fourth-order valence-corrected chi connectivity index (χ4v) is 5.50. The van der Waals surface area contributed by atoms with E-state index in [1.165, 1.54) is 27.8 Å². The van der Waals surface area contributed by atoms with Gasteiger partial charge in [0, 0.05) is 13.1 Å². The first-order chi connectivity index (χ1) is 14.0. The highest BCUT2D eigenvalue weighted by molar-refractivity contribution is 7.89. The van der Waals surface area contributed by atoms with Crippen LogP contribution in [0, 0.1) is 0 Å². The third kappa shape index (κ3) is 4.14. The number of fused-ring (bicyclic) bond motifs is 1. The Labute approximate surface area is 172 Å². The SMILES string of the molecule is CCOc1ccc2nc(NC(=O)c3ccc(S(=O)(=O)N4CCCCC4)o3)sc2c1. The summed E-state index contributed by atoms with van der Waals surface area (Å²) in [5.41, 5.74) is 0.738. The third-order valence-electron chi connectivity index (χ3n) is 4.61. The van der Waals surface area contributed by atoms with Gasteiger partial charge in [0.15, 0.2) is 10.9 Å². The van der Waals surface area contributed by atoms with Crippen LogP contribution in [-0.4, -0.2) is 43.3 Å². The second-order valence-electron chi connectivity index (χ2n) is 6.62. The number of amides is 1. The van der Waals surface area contributed by atoms with Gasteiger partial charge in [-0.15, -0.1) is 0 Å². The molecule has 2 aromatic heterocycles. The molecule has 0 radical (unpaired) electrons. The summed E-state index contributed by atoms with van der Waals surface area (Å²) < 4.78 is 38.5. The molecule has 1 saturated heterocycles. The quantitative estimate of drug-likeness (QED) is 0.633. The number of hydrogen-bond donors (Lipinski definition) is 1. The minimum Gasteiger partial charge on any atom is -0.494 e. The molecule has 154 valence electrons. The molecule has 1 aliphatic rings. The van der Waals surface area contributed by atoms with E-state index in [1.54, 1.807) is 0 Å². The molecule has 1 N–H and O–H groups in total. The van der Waals surface area contributed by atoms with Crippen molar-refractivity contribution in [1.82, 2.24) is 9.29 Å². The number of carbonyl (C=O) groups excluding carboxylic acids is 1. The first-order valence-corrected chi connectivity index (χ1v) is 11.7. The molecule has 4 rings (SSSR count). The van der Waals surface area contributed by atoms with E-state index in [9.17, 15) is 13.2 Å². The van der Waals surface area contributed by atoms with Crippen LogP contribution >= 0.6 is 11.3 Å². The summed E-state index contributed by atoms with van der Waals surface area (Å²) in [5, 5.41) is 2.85. The molecular formula is C19H21N3O5S2. The summed E-state index contributed by atoms with van der Waals surface area (Å²) in [4.78, 5) is 16.9. The molecule has 0 spiro atoms. The number of nitrogens with one attached hydrogen (secondary N) is 1. The molecule has 0 saturated carbocycles. The molecule has 1 aliphatic heterocycles. The topological polar surface area (TPSA) is 102 Å². The number of ether oxygens (including phenoxy) is 1. The van der Waals surface area contributed by atoms with Gasteiger partial charge in [0.2, 0.25) is 5.09 Å². The Kier molecular flexibility index (Phi) is 5.57. The zero-order valence-electron chi connectivity index (χ0n) is 15.9. The number of hydrogen-bond acceptors (Lipinski definition) is 7. The lowest BCUT2D eigenvalue weighted by atomic mass is 10.2. The maximum atomic E-state index is 12.7. The molecule has 0 aliphatic carbocycles. The maximum Gasteiger partial charge on any atom is 0.293 e. The van der Waals surface area contributed by atoms with Crippen LogP contribution in [-0.2, 0) is 10.0 Å². The van der Waals surface area contributed by atoms with E-state index in [1.807, 2.05) is 25.1 Å². The number of rotatable bonds is 6. The van der Waals surface area contributed by atoms with Crippen LogP contribution in [0.2, 0.25) is 0 Å². The van der Waals surface area contributed by atoms with E-state index >= 15 is 0 Å². The largest absolute Gasteiger partial charge is 0.494 e. The van der Waals surface area contributed by atoms with Crippen molar-refractivity contribution >= 4 is 42.6 Å². The van der Waals surface area contributed by atoms with E-state index in [2.05, 4.69) is 10.3 Å². The van der Waals surface area contributed by atoms with Crippen LogP contribution < -0.4 is 10.1 Å². The third-order valence-corrected chi connectivity index (χ3v) is 7.31. The van der Waals surface area contributed by atoms with Crippen LogP contribution in [0.25, 0.3) is 10.2 Å². The smallest absolute Gasteiger partial charge is 0.293 e. The summed E-state index contributed by atoms with van der Waals surface area (Å²) in [7, 11) is -3.72. The number of thiazole rings is 1. The van der Waals surface area contributed by atoms with Crippen molar-refractivity contribution in [1.29, 1.82) is 0 Å². The normalized spacial score (nSPS) is 15.5. The van der Waals surface area contributed by atoms with Crippen molar-refractivity contribution in [3.63, 3.8) is 0 Å². The first kappa shape index (κ1) is 19.9. The van der Waals surface area contributed by atoms with Crippen LogP contribution in [0.3, 0.4) is 0 Å². The molecule has 3 aromatic rings. The molecule has 3 heterocycles. The van der Waals surface area contributed by atoms with Gasteiger partial charge in [-0.05, 0) is 50.1 Å². The van der Waals surface area contributed by atoms with Gasteiger partial charge in [-0.25, -0.2) is 13.4 Å². The van der Waals surface area contributed by atoms with E-state index < -0.39 is 15.9 Å². The van der Waals surface area contributed by atoms with Gasteiger partial charge in [0.1, 0.15) is 5.75 Å². The molecule has 1 fully saturated rings. The van der Waals surface area contributed by atoms with Gasteiger partial charge < -0.3 is 9.15 Å². The number of aromatic nitrogens is 1. The second-order valence-corrected chi connectivity index (χ2v) is 9.52. The number of sulfonamides is 1. The molecule has 0 atom stereocenters. The van der Waals surface area contributed by atoms with E-state index in [0.717, 1.165) is 35.2 Å². The molecule has 1 amide bonds. The lowest BCUT2D eigenvalue weighted by molar-refractivity contribution is 0.0991. The minimum atomic E-state index is -3.72. The zero-order chi connectivity index (χ0) is 20.4. The Morgan fingerprint density at radius 1 is 1.24 bits per heavy atom.